The summed E-state index contributed by atoms with van der Waals surface area (Å²) in [5.41, 5.74) is 7.46. The molecule has 0 amide bonds. The molecule has 0 bridgehead atoms. The molecule has 4 rings (SSSR count). The van der Waals surface area contributed by atoms with Crippen molar-refractivity contribution in [2.45, 2.75) is 50.6 Å². The Labute approximate surface area is 187 Å². The van der Waals surface area contributed by atoms with Crippen LogP contribution < -0.4 is 16.4 Å². The molecule has 0 radical (unpaired) electrons. The molecule has 2 fully saturated rings. The summed E-state index contributed by atoms with van der Waals surface area (Å²) in [5, 5.41) is 8.06. The van der Waals surface area contributed by atoms with Crippen LogP contribution in [0.15, 0.2) is 24.4 Å². The topological polar surface area (TPSA) is 85.1 Å². The van der Waals surface area contributed by atoms with Gasteiger partial charge in [-0.05, 0) is 62.6 Å². The van der Waals surface area contributed by atoms with E-state index in [-0.39, 0.29) is 0 Å². The van der Waals surface area contributed by atoms with Crippen molar-refractivity contribution in [2.75, 3.05) is 30.4 Å². The molecule has 6 nitrogen and oxygen atoms in total. The van der Waals surface area contributed by atoms with Crippen molar-refractivity contribution in [3.63, 3.8) is 0 Å². The Morgan fingerprint density at radius 3 is 2.53 bits per heavy atom. The number of hydrogen-bond donors (Lipinski definition) is 3. The maximum atomic E-state index is 6.49. The Morgan fingerprint density at radius 1 is 1.00 bits per heavy atom. The summed E-state index contributed by atoms with van der Waals surface area (Å²) in [6.45, 7) is 2.54. The van der Waals surface area contributed by atoms with Crippen LogP contribution in [0.1, 0.15) is 38.5 Å². The van der Waals surface area contributed by atoms with Crippen LogP contribution in [0.4, 0.5) is 11.6 Å². The van der Waals surface area contributed by atoms with Crippen LogP contribution in [0.5, 0.6) is 0 Å². The van der Waals surface area contributed by atoms with Crippen molar-refractivity contribution >= 4 is 34.8 Å². The molecule has 1 aliphatic carbocycles. The molecular weight excluding hydrogens is 421 g/mol. The fraction of sp³-hybridized carbons (Fsp3) is 0.545. The minimum absolute atomic E-state index is 0.316. The summed E-state index contributed by atoms with van der Waals surface area (Å²) in [6.07, 6.45) is 7.97. The van der Waals surface area contributed by atoms with Gasteiger partial charge < -0.3 is 21.1 Å². The summed E-state index contributed by atoms with van der Waals surface area (Å²) in [5.74, 6) is 2.18. The zero-order chi connectivity index (χ0) is 20.9. The van der Waals surface area contributed by atoms with E-state index < -0.39 is 0 Å². The first-order valence-electron chi connectivity index (χ1n) is 10.7. The van der Waals surface area contributed by atoms with E-state index in [0.29, 0.717) is 33.7 Å². The van der Waals surface area contributed by atoms with E-state index in [2.05, 4.69) is 15.6 Å². The molecule has 0 atom stereocenters. The second kappa shape index (κ2) is 10.1. The van der Waals surface area contributed by atoms with Gasteiger partial charge in [-0.3, -0.25) is 0 Å². The molecule has 4 N–H and O–H groups in total. The first-order chi connectivity index (χ1) is 14.6. The van der Waals surface area contributed by atoms with Gasteiger partial charge in [0.25, 0.3) is 0 Å². The summed E-state index contributed by atoms with van der Waals surface area (Å²) in [6, 6.07) is 6.40. The van der Waals surface area contributed by atoms with E-state index in [0.717, 1.165) is 75.5 Å². The smallest absolute Gasteiger partial charge is 0.126 e. The molecule has 30 heavy (non-hydrogen) atoms. The number of rotatable bonds is 6. The van der Waals surface area contributed by atoms with Crippen molar-refractivity contribution in [1.82, 2.24) is 9.97 Å². The van der Waals surface area contributed by atoms with E-state index >= 15 is 0 Å². The number of nitrogens with zero attached hydrogens (tertiary/aromatic N) is 2. The molecule has 1 saturated heterocycles. The predicted octanol–water partition coefficient (Wildman–Crippen LogP) is 4.97. The lowest BCUT2D eigenvalue weighted by Crippen LogP contribution is -2.33. The van der Waals surface area contributed by atoms with Gasteiger partial charge >= 0.3 is 0 Å². The molecule has 1 saturated carbocycles. The third-order valence-electron chi connectivity index (χ3n) is 5.99. The van der Waals surface area contributed by atoms with Gasteiger partial charge in [0.2, 0.25) is 0 Å². The Morgan fingerprint density at radius 2 is 1.77 bits per heavy atom. The van der Waals surface area contributed by atoms with Crippen LogP contribution in [0.3, 0.4) is 0 Å². The van der Waals surface area contributed by atoms with E-state index in [1.54, 1.807) is 6.20 Å². The Balaban J connectivity index is 1.49. The number of hydrogen-bond acceptors (Lipinski definition) is 6. The normalized spacial score (nSPS) is 22.6. The molecule has 2 aliphatic rings. The molecule has 2 aromatic heterocycles. The Hall–Kier alpha value is -1.60. The summed E-state index contributed by atoms with van der Waals surface area (Å²) < 4.78 is 5.43. The van der Waals surface area contributed by atoms with Crippen molar-refractivity contribution in [3.8, 4) is 11.3 Å². The number of aromatic nitrogens is 2. The molecular formula is C22H29Cl2N5O. The number of nitrogens with two attached hydrogens (primary N) is 1. The summed E-state index contributed by atoms with van der Waals surface area (Å²) >= 11 is 13.0. The highest BCUT2D eigenvalue weighted by Crippen LogP contribution is 2.34. The molecule has 162 valence electrons. The summed E-state index contributed by atoms with van der Waals surface area (Å²) in [4.78, 5) is 9.21. The highest BCUT2D eigenvalue weighted by atomic mass is 35.5. The van der Waals surface area contributed by atoms with E-state index in [1.165, 1.54) is 0 Å². The Bertz CT molecular complexity index is 851. The molecule has 0 spiro atoms. The standard InChI is InChI=1S/C22H29Cl2N5O/c23-18-5-6-20(26-12-14-7-9-30-10-8-14)29-22(18)17-11-21(27-13-19(17)24)28-16-3-1-15(25)2-4-16/h5-6,11,13-16H,1-4,7-10,12,25H2,(H,26,29)(H,27,28)/t15-,16-. The molecule has 0 unspecified atom stereocenters. The minimum atomic E-state index is 0.316. The van der Waals surface area contributed by atoms with Gasteiger partial charge in [-0.15, -0.1) is 0 Å². The van der Waals surface area contributed by atoms with Crippen LogP contribution >= 0.6 is 23.2 Å². The lowest BCUT2D eigenvalue weighted by Gasteiger charge is -2.27. The third kappa shape index (κ3) is 5.55. The quantitative estimate of drug-likeness (QED) is 0.576. The second-order valence-electron chi connectivity index (χ2n) is 8.27. The first kappa shape index (κ1) is 21.6. The number of nitrogens with one attached hydrogen (secondary N) is 2. The predicted molar refractivity (Wildman–Crippen MR) is 123 cm³/mol. The fourth-order valence-electron chi connectivity index (χ4n) is 4.10. The van der Waals surface area contributed by atoms with E-state index in [9.17, 15) is 0 Å². The molecule has 1 aliphatic heterocycles. The average molecular weight is 450 g/mol. The zero-order valence-electron chi connectivity index (χ0n) is 17.0. The first-order valence-corrected chi connectivity index (χ1v) is 11.5. The van der Waals surface area contributed by atoms with Crippen molar-refractivity contribution in [1.29, 1.82) is 0 Å². The average Bonchev–Trinajstić information content (AvgIpc) is 2.77. The van der Waals surface area contributed by atoms with Gasteiger partial charge in [0.15, 0.2) is 0 Å². The third-order valence-corrected chi connectivity index (χ3v) is 6.60. The summed E-state index contributed by atoms with van der Waals surface area (Å²) in [7, 11) is 0. The molecule has 8 heteroatoms. The zero-order valence-corrected chi connectivity index (χ0v) is 18.6. The number of anilines is 2. The number of pyridine rings is 2. The lowest BCUT2D eigenvalue weighted by molar-refractivity contribution is 0.0699. The van der Waals surface area contributed by atoms with E-state index in [1.807, 2.05) is 18.2 Å². The van der Waals surface area contributed by atoms with Gasteiger partial charge in [-0.2, -0.15) is 0 Å². The van der Waals surface area contributed by atoms with Gasteiger partial charge in [-0.25, -0.2) is 9.97 Å². The highest BCUT2D eigenvalue weighted by molar-refractivity contribution is 6.36. The largest absolute Gasteiger partial charge is 0.381 e. The maximum Gasteiger partial charge on any atom is 0.126 e. The minimum Gasteiger partial charge on any atom is -0.381 e. The molecule has 3 heterocycles. The molecule has 0 aromatic carbocycles. The van der Waals surface area contributed by atoms with Crippen LogP contribution in [-0.2, 0) is 4.74 Å². The van der Waals surface area contributed by atoms with Gasteiger partial charge in [0.05, 0.1) is 15.7 Å². The maximum absolute atomic E-state index is 6.49. The second-order valence-corrected chi connectivity index (χ2v) is 9.08. The van der Waals surface area contributed by atoms with Crippen molar-refractivity contribution in [2.24, 2.45) is 11.7 Å². The SMILES string of the molecule is N[C@H]1CC[C@H](Nc2cc(-c3nc(NCC4CCOCC4)ccc3Cl)c(Cl)cn2)CC1. The number of ether oxygens (including phenoxy) is 1. The monoisotopic (exact) mass is 449 g/mol. The van der Waals surface area contributed by atoms with Gasteiger partial charge in [-0.1, -0.05) is 23.2 Å². The van der Waals surface area contributed by atoms with E-state index in [4.69, 9.17) is 38.7 Å². The van der Waals surface area contributed by atoms with Crippen molar-refractivity contribution in [3.05, 3.63) is 34.4 Å². The highest BCUT2D eigenvalue weighted by Gasteiger charge is 2.20. The van der Waals surface area contributed by atoms with Crippen LogP contribution in [0.25, 0.3) is 11.3 Å². The number of halogens is 2. The lowest BCUT2D eigenvalue weighted by atomic mass is 9.92. The van der Waals surface area contributed by atoms with Gasteiger partial charge in [0.1, 0.15) is 11.6 Å². The Kier molecular flexibility index (Phi) is 7.31. The van der Waals surface area contributed by atoms with Gasteiger partial charge in [0, 0.05) is 43.6 Å². The van der Waals surface area contributed by atoms with Crippen LogP contribution in [0, 0.1) is 5.92 Å². The van der Waals surface area contributed by atoms with Crippen LogP contribution in [-0.4, -0.2) is 41.8 Å². The van der Waals surface area contributed by atoms with Crippen LogP contribution in [0.2, 0.25) is 10.0 Å². The fourth-order valence-corrected chi connectivity index (χ4v) is 4.50. The van der Waals surface area contributed by atoms with Crippen molar-refractivity contribution < 1.29 is 4.74 Å². The molecule has 2 aromatic rings.